The molecule has 4 fully saturated rings. The summed E-state index contributed by atoms with van der Waals surface area (Å²) < 4.78 is 1.84. The van der Waals surface area contributed by atoms with E-state index in [2.05, 4.69) is 12.0 Å². The summed E-state index contributed by atoms with van der Waals surface area (Å²) in [4.78, 5) is 13.3. The van der Waals surface area contributed by atoms with E-state index < -0.39 is 0 Å². The lowest BCUT2D eigenvalue weighted by molar-refractivity contribution is -0.0358. The van der Waals surface area contributed by atoms with Gasteiger partial charge in [0.05, 0.1) is 11.2 Å². The van der Waals surface area contributed by atoms with Crippen LogP contribution in [0, 0.1) is 23.2 Å². The van der Waals surface area contributed by atoms with Gasteiger partial charge < -0.3 is 0 Å². The maximum absolute atomic E-state index is 13.3. The van der Waals surface area contributed by atoms with Crippen LogP contribution in [0.1, 0.15) is 62.4 Å². The predicted molar refractivity (Wildman–Crippen MR) is 82.5 cm³/mol. The van der Waals surface area contributed by atoms with Crippen molar-refractivity contribution in [3.63, 3.8) is 0 Å². The molecule has 1 aromatic rings. The molecule has 21 heavy (non-hydrogen) atoms. The summed E-state index contributed by atoms with van der Waals surface area (Å²) >= 11 is 6.31. The Balaban J connectivity index is 1.70. The average Bonchev–Trinajstić information content (AvgIpc) is 2.78. The fourth-order valence-electron chi connectivity index (χ4n) is 5.61. The lowest BCUT2D eigenvalue weighted by atomic mass is 9.48. The third-order valence-corrected chi connectivity index (χ3v) is 6.24. The van der Waals surface area contributed by atoms with Crippen molar-refractivity contribution in [3.8, 4) is 0 Å². The molecule has 0 unspecified atom stereocenters. The van der Waals surface area contributed by atoms with Crippen LogP contribution in [0.15, 0.2) is 6.20 Å². The Kier molecular flexibility index (Phi) is 3.18. The van der Waals surface area contributed by atoms with Gasteiger partial charge >= 0.3 is 0 Å². The molecule has 4 aliphatic carbocycles. The Labute approximate surface area is 131 Å². The van der Waals surface area contributed by atoms with E-state index in [0.29, 0.717) is 10.7 Å². The SMILES string of the molecule is CCCn1ncc(Cl)c1C(=O)C12CC3CC(CC(C3)C1)C2. The fourth-order valence-corrected chi connectivity index (χ4v) is 5.84. The highest BCUT2D eigenvalue weighted by atomic mass is 35.5. The number of halogens is 1. The summed E-state index contributed by atoms with van der Waals surface area (Å²) in [5.74, 6) is 2.63. The number of aryl methyl sites for hydroxylation is 1. The molecule has 0 atom stereocenters. The molecule has 0 aliphatic heterocycles. The Bertz CT molecular complexity index is 542. The van der Waals surface area contributed by atoms with Gasteiger partial charge in [-0.25, -0.2) is 0 Å². The van der Waals surface area contributed by atoms with E-state index in [1.165, 1.54) is 19.3 Å². The van der Waals surface area contributed by atoms with Gasteiger partial charge in [-0.2, -0.15) is 5.10 Å². The Morgan fingerprint density at radius 1 is 1.29 bits per heavy atom. The molecular weight excluding hydrogens is 284 g/mol. The second kappa shape index (κ2) is 4.84. The first-order valence-electron chi connectivity index (χ1n) is 8.37. The molecule has 4 saturated carbocycles. The monoisotopic (exact) mass is 306 g/mol. The van der Waals surface area contributed by atoms with Gasteiger partial charge in [0.25, 0.3) is 0 Å². The molecule has 0 saturated heterocycles. The molecular formula is C17H23ClN2O. The largest absolute Gasteiger partial charge is 0.292 e. The molecule has 4 bridgehead atoms. The van der Waals surface area contributed by atoms with Crippen LogP contribution in [0.2, 0.25) is 5.02 Å². The van der Waals surface area contributed by atoms with E-state index in [-0.39, 0.29) is 11.2 Å². The minimum Gasteiger partial charge on any atom is -0.292 e. The van der Waals surface area contributed by atoms with Crippen LogP contribution < -0.4 is 0 Å². The molecule has 0 spiro atoms. The standard InChI is InChI=1S/C17H23ClN2O/c1-2-3-20-15(14(18)10-19-20)16(21)17-7-11-4-12(8-17)6-13(5-11)9-17/h10-13H,2-9H2,1H3. The van der Waals surface area contributed by atoms with Gasteiger partial charge in [-0.3, -0.25) is 9.48 Å². The van der Waals surface area contributed by atoms with Crippen LogP contribution in [0.4, 0.5) is 0 Å². The van der Waals surface area contributed by atoms with Gasteiger partial charge in [0, 0.05) is 12.0 Å². The highest BCUT2D eigenvalue weighted by Crippen LogP contribution is 2.61. The molecule has 1 heterocycles. The van der Waals surface area contributed by atoms with E-state index in [4.69, 9.17) is 11.6 Å². The van der Waals surface area contributed by atoms with E-state index in [1.807, 2.05) is 4.68 Å². The van der Waals surface area contributed by atoms with Crippen LogP contribution in [-0.4, -0.2) is 15.6 Å². The third-order valence-electron chi connectivity index (χ3n) is 5.97. The first-order valence-corrected chi connectivity index (χ1v) is 8.75. The number of carbonyl (C=O) groups excluding carboxylic acids is 1. The van der Waals surface area contributed by atoms with E-state index >= 15 is 0 Å². The zero-order valence-corrected chi connectivity index (χ0v) is 13.4. The summed E-state index contributed by atoms with van der Waals surface area (Å²) in [6.45, 7) is 2.88. The lowest BCUT2D eigenvalue weighted by Crippen LogP contribution is -2.50. The maximum atomic E-state index is 13.3. The molecule has 0 amide bonds. The topological polar surface area (TPSA) is 34.9 Å². The van der Waals surface area contributed by atoms with Crippen molar-refractivity contribution in [2.24, 2.45) is 23.2 Å². The average molecular weight is 307 g/mol. The highest BCUT2D eigenvalue weighted by molar-refractivity contribution is 6.33. The van der Waals surface area contributed by atoms with Crippen molar-refractivity contribution < 1.29 is 4.79 Å². The molecule has 1 aromatic heterocycles. The predicted octanol–water partition coefficient (Wildman–Crippen LogP) is 4.35. The van der Waals surface area contributed by atoms with E-state index in [9.17, 15) is 4.79 Å². The minimum atomic E-state index is -0.121. The van der Waals surface area contributed by atoms with E-state index in [0.717, 1.165) is 50.0 Å². The van der Waals surface area contributed by atoms with Crippen LogP contribution in [0.3, 0.4) is 0 Å². The van der Waals surface area contributed by atoms with Crippen molar-refractivity contribution in [3.05, 3.63) is 16.9 Å². The number of carbonyl (C=O) groups is 1. The Morgan fingerprint density at radius 3 is 2.38 bits per heavy atom. The summed E-state index contributed by atoms with van der Waals surface area (Å²) in [5, 5.41) is 4.86. The van der Waals surface area contributed by atoms with Crippen molar-refractivity contribution in [2.45, 2.75) is 58.4 Å². The normalized spacial score (nSPS) is 37.1. The van der Waals surface area contributed by atoms with Crippen molar-refractivity contribution in [1.82, 2.24) is 9.78 Å². The molecule has 4 aliphatic rings. The number of Topliss-reactive ketones (excluding diaryl/α,β-unsaturated/α-hetero) is 1. The molecule has 0 aromatic carbocycles. The van der Waals surface area contributed by atoms with Crippen LogP contribution in [0.25, 0.3) is 0 Å². The van der Waals surface area contributed by atoms with Gasteiger partial charge in [-0.15, -0.1) is 0 Å². The molecule has 114 valence electrons. The summed E-state index contributed by atoms with van der Waals surface area (Å²) in [7, 11) is 0. The fraction of sp³-hybridized carbons (Fsp3) is 0.765. The van der Waals surface area contributed by atoms with Crippen LogP contribution >= 0.6 is 11.6 Å². The minimum absolute atomic E-state index is 0.121. The van der Waals surface area contributed by atoms with Crippen molar-refractivity contribution in [1.29, 1.82) is 0 Å². The molecule has 4 heteroatoms. The van der Waals surface area contributed by atoms with Gasteiger partial charge in [0.1, 0.15) is 5.69 Å². The number of hydrogen-bond acceptors (Lipinski definition) is 2. The number of nitrogens with zero attached hydrogens (tertiary/aromatic N) is 2. The summed E-state index contributed by atoms with van der Waals surface area (Å²) in [6, 6.07) is 0. The van der Waals surface area contributed by atoms with Crippen molar-refractivity contribution in [2.75, 3.05) is 0 Å². The van der Waals surface area contributed by atoms with Gasteiger partial charge in [-0.05, 0) is 62.7 Å². The Morgan fingerprint density at radius 2 is 1.86 bits per heavy atom. The molecule has 0 radical (unpaired) electrons. The number of ketones is 1. The summed E-state index contributed by atoms with van der Waals surface area (Å²) in [5.41, 5.74) is 0.560. The van der Waals surface area contributed by atoms with Gasteiger partial charge in [0.15, 0.2) is 5.78 Å². The zero-order chi connectivity index (χ0) is 14.6. The highest BCUT2D eigenvalue weighted by Gasteiger charge is 2.55. The van der Waals surface area contributed by atoms with Crippen molar-refractivity contribution >= 4 is 17.4 Å². The van der Waals surface area contributed by atoms with Crippen LogP contribution in [0.5, 0.6) is 0 Å². The Hall–Kier alpha value is -0.830. The van der Waals surface area contributed by atoms with Gasteiger partial charge in [-0.1, -0.05) is 18.5 Å². The quantitative estimate of drug-likeness (QED) is 0.775. The van der Waals surface area contributed by atoms with Gasteiger partial charge in [0.2, 0.25) is 0 Å². The number of rotatable bonds is 4. The smallest absolute Gasteiger partial charge is 0.188 e. The summed E-state index contributed by atoms with van der Waals surface area (Å²) in [6.07, 6.45) is 9.95. The number of aromatic nitrogens is 2. The third kappa shape index (κ3) is 2.08. The molecule has 3 nitrogen and oxygen atoms in total. The second-order valence-corrected chi connectivity index (χ2v) is 8.00. The molecule has 0 N–H and O–H groups in total. The second-order valence-electron chi connectivity index (χ2n) is 7.59. The first kappa shape index (κ1) is 13.8. The maximum Gasteiger partial charge on any atom is 0.188 e. The van der Waals surface area contributed by atoms with E-state index in [1.54, 1.807) is 6.20 Å². The zero-order valence-electron chi connectivity index (χ0n) is 12.6. The first-order chi connectivity index (χ1) is 10.1. The van der Waals surface area contributed by atoms with Crippen LogP contribution in [-0.2, 0) is 6.54 Å². The lowest BCUT2D eigenvalue weighted by Gasteiger charge is -2.55. The number of hydrogen-bond donors (Lipinski definition) is 0. The molecule has 5 rings (SSSR count).